The number of carbonyl (C=O) groups excluding carboxylic acids is 2. The third-order valence-corrected chi connectivity index (χ3v) is 2.72. The molecule has 1 atom stereocenters. The predicted octanol–water partition coefficient (Wildman–Crippen LogP) is 2.20. The molecule has 0 saturated carbocycles. The van der Waals surface area contributed by atoms with Crippen molar-refractivity contribution in [2.45, 2.75) is 39.2 Å². The summed E-state index contributed by atoms with van der Waals surface area (Å²) in [5.74, 6) is 0.388. The van der Waals surface area contributed by atoms with Crippen molar-refractivity contribution in [1.29, 1.82) is 0 Å². The summed E-state index contributed by atoms with van der Waals surface area (Å²) >= 11 is 1.62. The topological polar surface area (TPSA) is 64.6 Å². The summed E-state index contributed by atoms with van der Waals surface area (Å²) in [6.07, 6.45) is 3.45. The van der Waals surface area contributed by atoms with Gasteiger partial charge in [0.25, 0.3) is 0 Å². The Kier molecular flexibility index (Phi) is 10.6. The number of thioether (sulfide) groups is 1. The summed E-state index contributed by atoms with van der Waals surface area (Å²) in [7, 11) is 0. The van der Waals surface area contributed by atoms with Crippen LogP contribution in [0.5, 0.6) is 0 Å². The second-order valence-electron chi connectivity index (χ2n) is 3.78. The van der Waals surface area contributed by atoms with Gasteiger partial charge in [0.05, 0.1) is 13.2 Å². The minimum Gasteiger partial charge on any atom is -0.464 e. The van der Waals surface area contributed by atoms with Crippen LogP contribution in [0.25, 0.3) is 0 Å². The zero-order chi connectivity index (χ0) is 13.8. The van der Waals surface area contributed by atoms with Crippen molar-refractivity contribution in [3.8, 4) is 0 Å². The summed E-state index contributed by atoms with van der Waals surface area (Å²) in [6, 6.07) is -0.617. The highest BCUT2D eigenvalue weighted by atomic mass is 32.2. The van der Waals surface area contributed by atoms with Crippen LogP contribution in [0.1, 0.15) is 33.1 Å². The Bertz CT molecular complexity index is 248. The number of nitrogens with one attached hydrogen (secondary N) is 1. The minimum atomic E-state index is -0.617. The van der Waals surface area contributed by atoms with Gasteiger partial charge in [-0.2, -0.15) is 11.8 Å². The van der Waals surface area contributed by atoms with Gasteiger partial charge in [-0.15, -0.1) is 0 Å². The first-order chi connectivity index (χ1) is 8.65. The van der Waals surface area contributed by atoms with E-state index in [1.54, 1.807) is 11.8 Å². The maximum absolute atomic E-state index is 11.7. The van der Waals surface area contributed by atoms with Crippen molar-refractivity contribution < 1.29 is 19.1 Å². The number of esters is 1. The van der Waals surface area contributed by atoms with Gasteiger partial charge in [-0.1, -0.05) is 13.8 Å². The number of hydrogen-bond acceptors (Lipinski definition) is 5. The number of amides is 1. The molecule has 1 amide bonds. The van der Waals surface area contributed by atoms with Crippen LogP contribution in [-0.2, 0) is 14.3 Å². The molecule has 1 N–H and O–H groups in total. The van der Waals surface area contributed by atoms with Crippen molar-refractivity contribution in [2.75, 3.05) is 25.2 Å². The van der Waals surface area contributed by atoms with Gasteiger partial charge in [-0.3, -0.25) is 0 Å². The average Bonchev–Trinajstić information content (AvgIpc) is 2.38. The summed E-state index contributed by atoms with van der Waals surface area (Å²) in [5.41, 5.74) is 0. The molecule has 0 bridgehead atoms. The average molecular weight is 277 g/mol. The maximum Gasteiger partial charge on any atom is 0.407 e. The number of rotatable bonds is 9. The Hall–Kier alpha value is -0.910. The zero-order valence-electron chi connectivity index (χ0n) is 11.4. The van der Waals surface area contributed by atoms with Gasteiger partial charge >= 0.3 is 12.1 Å². The highest BCUT2D eigenvalue weighted by Gasteiger charge is 2.22. The molecule has 0 saturated heterocycles. The zero-order valence-corrected chi connectivity index (χ0v) is 12.2. The molecule has 6 heteroatoms. The van der Waals surface area contributed by atoms with E-state index in [4.69, 9.17) is 9.47 Å². The Balaban J connectivity index is 4.19. The summed E-state index contributed by atoms with van der Waals surface area (Å²) in [6.45, 7) is 4.56. The molecule has 106 valence electrons. The molecule has 0 aromatic carbocycles. The van der Waals surface area contributed by atoms with Gasteiger partial charge in [0.1, 0.15) is 6.04 Å². The van der Waals surface area contributed by atoms with Gasteiger partial charge < -0.3 is 14.8 Å². The normalized spacial score (nSPS) is 11.7. The van der Waals surface area contributed by atoms with E-state index in [1.165, 1.54) is 0 Å². The van der Waals surface area contributed by atoms with Gasteiger partial charge in [0, 0.05) is 0 Å². The van der Waals surface area contributed by atoms with E-state index in [9.17, 15) is 9.59 Å². The lowest BCUT2D eigenvalue weighted by molar-refractivity contribution is -0.146. The summed E-state index contributed by atoms with van der Waals surface area (Å²) in [4.78, 5) is 23.1. The molecule has 18 heavy (non-hydrogen) atoms. The lowest BCUT2D eigenvalue weighted by atomic mass is 10.2. The van der Waals surface area contributed by atoms with E-state index in [0.717, 1.165) is 18.6 Å². The Morgan fingerprint density at radius 3 is 2.33 bits per heavy atom. The SMILES string of the molecule is CCCOC(=O)N[C@@H](CCSC)C(=O)OCCC. The molecule has 0 aromatic rings. The monoisotopic (exact) mass is 277 g/mol. The van der Waals surface area contributed by atoms with Crippen molar-refractivity contribution in [3.63, 3.8) is 0 Å². The minimum absolute atomic E-state index is 0.352. The first-order valence-electron chi connectivity index (χ1n) is 6.24. The third kappa shape index (κ3) is 8.22. The molecule has 0 aliphatic rings. The van der Waals surface area contributed by atoms with Gasteiger partial charge in [0.15, 0.2) is 0 Å². The molecular weight excluding hydrogens is 254 g/mol. The van der Waals surface area contributed by atoms with Crippen LogP contribution in [0, 0.1) is 0 Å². The van der Waals surface area contributed by atoms with Gasteiger partial charge in [0.2, 0.25) is 0 Å². The Morgan fingerprint density at radius 1 is 1.17 bits per heavy atom. The lowest BCUT2D eigenvalue weighted by Gasteiger charge is -2.16. The highest BCUT2D eigenvalue weighted by molar-refractivity contribution is 7.98. The molecule has 0 heterocycles. The summed E-state index contributed by atoms with van der Waals surface area (Å²) in [5, 5.41) is 2.55. The molecule has 0 rings (SSSR count). The lowest BCUT2D eigenvalue weighted by Crippen LogP contribution is -2.42. The Labute approximate surface area is 113 Å². The van der Waals surface area contributed by atoms with E-state index in [2.05, 4.69) is 5.32 Å². The van der Waals surface area contributed by atoms with E-state index in [1.807, 2.05) is 20.1 Å². The van der Waals surface area contributed by atoms with Gasteiger partial charge in [-0.05, 0) is 31.3 Å². The molecule has 0 aliphatic heterocycles. The molecule has 0 aromatic heterocycles. The molecule has 0 spiro atoms. The predicted molar refractivity (Wildman–Crippen MR) is 72.8 cm³/mol. The van der Waals surface area contributed by atoms with E-state index in [0.29, 0.717) is 19.6 Å². The number of carbonyl (C=O) groups is 2. The smallest absolute Gasteiger partial charge is 0.407 e. The molecular formula is C12H23NO4S. The van der Waals surface area contributed by atoms with Crippen LogP contribution >= 0.6 is 11.8 Å². The molecule has 0 fully saturated rings. The van der Waals surface area contributed by atoms with E-state index < -0.39 is 12.1 Å². The van der Waals surface area contributed by atoms with Crippen LogP contribution in [0.2, 0.25) is 0 Å². The first-order valence-corrected chi connectivity index (χ1v) is 7.63. The van der Waals surface area contributed by atoms with Crippen LogP contribution in [0.4, 0.5) is 4.79 Å². The van der Waals surface area contributed by atoms with E-state index >= 15 is 0 Å². The van der Waals surface area contributed by atoms with E-state index in [-0.39, 0.29) is 5.97 Å². The molecule has 5 nitrogen and oxygen atoms in total. The Morgan fingerprint density at radius 2 is 1.78 bits per heavy atom. The molecule has 0 unspecified atom stereocenters. The van der Waals surface area contributed by atoms with Crippen molar-refractivity contribution in [1.82, 2.24) is 5.32 Å². The van der Waals surface area contributed by atoms with Crippen LogP contribution in [-0.4, -0.2) is 43.3 Å². The van der Waals surface area contributed by atoms with Crippen LogP contribution in [0.15, 0.2) is 0 Å². The second-order valence-corrected chi connectivity index (χ2v) is 4.77. The van der Waals surface area contributed by atoms with Crippen molar-refractivity contribution in [2.24, 2.45) is 0 Å². The standard InChI is InChI=1S/C12H23NO4S/c1-4-7-16-11(14)10(6-9-18-3)13-12(15)17-8-5-2/h10H,4-9H2,1-3H3,(H,13,15)/t10-/m0/s1. The molecule has 0 aliphatic carbocycles. The first kappa shape index (κ1) is 17.1. The maximum atomic E-state index is 11.7. The number of alkyl carbamates (subject to hydrolysis) is 1. The van der Waals surface area contributed by atoms with Crippen molar-refractivity contribution >= 4 is 23.8 Å². The van der Waals surface area contributed by atoms with Gasteiger partial charge in [-0.25, -0.2) is 9.59 Å². The third-order valence-electron chi connectivity index (χ3n) is 2.07. The quantitative estimate of drug-likeness (QED) is 0.655. The fourth-order valence-corrected chi connectivity index (χ4v) is 1.64. The largest absolute Gasteiger partial charge is 0.464 e. The summed E-state index contributed by atoms with van der Waals surface area (Å²) < 4.78 is 9.93. The fraction of sp³-hybridized carbons (Fsp3) is 0.833. The second kappa shape index (κ2) is 11.2. The highest BCUT2D eigenvalue weighted by Crippen LogP contribution is 2.03. The number of ether oxygens (including phenoxy) is 2. The van der Waals surface area contributed by atoms with Crippen molar-refractivity contribution in [3.05, 3.63) is 0 Å². The fourth-order valence-electron chi connectivity index (χ4n) is 1.17. The van der Waals surface area contributed by atoms with Crippen LogP contribution < -0.4 is 5.32 Å². The van der Waals surface area contributed by atoms with Crippen LogP contribution in [0.3, 0.4) is 0 Å². The number of hydrogen-bond donors (Lipinski definition) is 1. The molecule has 0 radical (unpaired) electrons.